The molecule has 3 unspecified atom stereocenters. The van der Waals surface area contributed by atoms with Crippen LogP contribution in [0.5, 0.6) is 0 Å². The summed E-state index contributed by atoms with van der Waals surface area (Å²) in [7, 11) is -9.89. The van der Waals surface area contributed by atoms with Gasteiger partial charge in [0, 0.05) is 25.7 Å². The molecule has 0 aromatic carbocycles. The van der Waals surface area contributed by atoms with Crippen LogP contribution >= 0.6 is 15.6 Å². The van der Waals surface area contributed by atoms with Crippen molar-refractivity contribution in [3.8, 4) is 0 Å². The number of aliphatic hydroxyl groups excluding tert-OH is 1. The quantitative estimate of drug-likeness (QED) is 0.0222. The minimum Gasteiger partial charge on any atom is -0.462 e. The molecule has 0 heterocycles. The van der Waals surface area contributed by atoms with E-state index in [1.54, 1.807) is 0 Å². The molecular weight excluding hydrogens is 1160 g/mol. The van der Waals surface area contributed by atoms with Crippen LogP contribution in [0.2, 0.25) is 0 Å². The second-order valence-corrected chi connectivity index (χ2v) is 28.5. The first kappa shape index (κ1) is 86.1. The molecule has 3 N–H and O–H groups in total. The average molecular weight is 1300 g/mol. The summed E-state index contributed by atoms with van der Waals surface area (Å²) in [5.41, 5.74) is 0. The van der Waals surface area contributed by atoms with Crippen molar-refractivity contribution in [2.75, 3.05) is 39.6 Å². The van der Waals surface area contributed by atoms with Crippen LogP contribution in [0.1, 0.15) is 350 Å². The number of esters is 4. The van der Waals surface area contributed by atoms with E-state index in [4.69, 9.17) is 37.0 Å². The molecule has 0 radical (unpaired) electrons. The second kappa shape index (κ2) is 61.3. The summed E-state index contributed by atoms with van der Waals surface area (Å²) in [6.07, 6.45) is 45.8. The van der Waals surface area contributed by atoms with Gasteiger partial charge in [0.05, 0.1) is 26.4 Å². The normalized spacial score (nSPS) is 14.5. The maximum Gasteiger partial charge on any atom is 0.472 e. The number of carbonyl (C=O) groups excluding carboxylic acids is 4. The van der Waals surface area contributed by atoms with Crippen LogP contribution in [-0.2, 0) is 65.4 Å². The van der Waals surface area contributed by atoms with Crippen LogP contribution in [0.4, 0.5) is 0 Å². The number of unbranched alkanes of at least 4 members (excludes halogenated alkanes) is 37. The minimum atomic E-state index is -4.95. The molecule has 19 heteroatoms. The lowest BCUT2D eigenvalue weighted by Crippen LogP contribution is -2.30. The number of rotatable bonds is 68. The standard InChI is InChI=1S/C69H134O17P2/c1-7-10-12-14-16-17-22-28-35-41-47-53-68(73)85-64(57-79-66(71)51-45-39-31-15-13-11-8-2)59-83-87(75,76)81-55-63(70)56-82-88(77,78)84-60-65(58-80-67(72)52-46-40-34-30-25-26-32-37-43-49-61(4)5)86-69(74)54-48-42-36-29-24-21-19-18-20-23-27-33-38-44-50-62(6)9-3/h61-65,70H,7-60H2,1-6H3,(H,75,76)(H,77,78)/t62?,63-,64+,65+/m0/s1. The number of ether oxygens (including phenoxy) is 4. The molecule has 0 rings (SSSR count). The summed E-state index contributed by atoms with van der Waals surface area (Å²) in [5, 5.41) is 10.6. The molecule has 0 spiro atoms. The zero-order valence-electron chi connectivity index (χ0n) is 57.0. The van der Waals surface area contributed by atoms with Gasteiger partial charge in [-0.05, 0) is 37.5 Å². The highest BCUT2D eigenvalue weighted by molar-refractivity contribution is 7.47. The van der Waals surface area contributed by atoms with Crippen molar-refractivity contribution in [1.82, 2.24) is 0 Å². The molecule has 0 amide bonds. The minimum absolute atomic E-state index is 0.106. The van der Waals surface area contributed by atoms with Crippen molar-refractivity contribution >= 4 is 39.5 Å². The molecule has 0 aromatic heterocycles. The van der Waals surface area contributed by atoms with Gasteiger partial charge in [0.25, 0.3) is 0 Å². The van der Waals surface area contributed by atoms with Gasteiger partial charge in [-0.15, -0.1) is 0 Å². The Morgan fingerprint density at radius 3 is 0.864 bits per heavy atom. The fraction of sp³-hybridized carbons (Fsp3) is 0.942. The summed E-state index contributed by atoms with van der Waals surface area (Å²) < 4.78 is 68.1. The van der Waals surface area contributed by atoms with Gasteiger partial charge in [-0.3, -0.25) is 37.3 Å². The molecule has 0 saturated heterocycles. The van der Waals surface area contributed by atoms with Crippen molar-refractivity contribution in [2.24, 2.45) is 11.8 Å². The Labute approximate surface area is 537 Å². The molecule has 522 valence electrons. The number of carbonyl (C=O) groups is 4. The summed E-state index contributed by atoms with van der Waals surface area (Å²) in [6, 6.07) is 0. The second-order valence-electron chi connectivity index (χ2n) is 25.6. The lowest BCUT2D eigenvalue weighted by molar-refractivity contribution is -0.161. The smallest absolute Gasteiger partial charge is 0.462 e. The lowest BCUT2D eigenvalue weighted by Gasteiger charge is -2.21. The Morgan fingerprint density at radius 1 is 0.330 bits per heavy atom. The Kier molecular flexibility index (Phi) is 59.9. The first-order chi connectivity index (χ1) is 42.4. The van der Waals surface area contributed by atoms with Gasteiger partial charge in [-0.25, -0.2) is 9.13 Å². The predicted molar refractivity (Wildman–Crippen MR) is 354 cm³/mol. The van der Waals surface area contributed by atoms with Crippen LogP contribution < -0.4 is 0 Å². The van der Waals surface area contributed by atoms with Gasteiger partial charge in [0.2, 0.25) is 0 Å². The molecule has 0 aliphatic rings. The van der Waals surface area contributed by atoms with Crippen LogP contribution in [0, 0.1) is 11.8 Å². The maximum absolute atomic E-state index is 13.0. The van der Waals surface area contributed by atoms with Crippen molar-refractivity contribution in [3.05, 3.63) is 0 Å². The molecule has 88 heavy (non-hydrogen) atoms. The van der Waals surface area contributed by atoms with Crippen molar-refractivity contribution in [1.29, 1.82) is 0 Å². The lowest BCUT2D eigenvalue weighted by atomic mass is 9.99. The number of aliphatic hydroxyl groups is 1. The first-order valence-electron chi connectivity index (χ1n) is 36.0. The maximum atomic E-state index is 13.0. The molecule has 0 saturated carbocycles. The molecule has 0 aromatic rings. The van der Waals surface area contributed by atoms with E-state index in [1.165, 1.54) is 154 Å². The average Bonchev–Trinajstić information content (AvgIpc) is 3.53. The van der Waals surface area contributed by atoms with E-state index in [2.05, 4.69) is 41.5 Å². The topological polar surface area (TPSA) is 237 Å². The third kappa shape index (κ3) is 61.6. The van der Waals surface area contributed by atoms with Crippen LogP contribution in [-0.4, -0.2) is 96.7 Å². The van der Waals surface area contributed by atoms with E-state index < -0.39 is 97.5 Å². The number of hydrogen-bond donors (Lipinski definition) is 3. The van der Waals surface area contributed by atoms with Crippen molar-refractivity contribution in [3.63, 3.8) is 0 Å². The van der Waals surface area contributed by atoms with E-state index in [0.29, 0.717) is 25.7 Å². The Morgan fingerprint density at radius 2 is 0.580 bits per heavy atom. The summed E-state index contributed by atoms with van der Waals surface area (Å²) in [6.45, 7) is 9.53. The highest BCUT2D eigenvalue weighted by Crippen LogP contribution is 2.45. The highest BCUT2D eigenvalue weighted by atomic mass is 31.2. The Balaban J connectivity index is 5.19. The summed E-state index contributed by atoms with van der Waals surface area (Å²) >= 11 is 0. The van der Waals surface area contributed by atoms with E-state index >= 15 is 0 Å². The molecule has 6 atom stereocenters. The zero-order chi connectivity index (χ0) is 65.0. The van der Waals surface area contributed by atoms with Gasteiger partial charge in [0.1, 0.15) is 19.3 Å². The van der Waals surface area contributed by atoms with Gasteiger partial charge < -0.3 is 33.8 Å². The molecular formula is C69H134O17P2. The molecule has 0 aliphatic carbocycles. The monoisotopic (exact) mass is 1300 g/mol. The van der Waals surface area contributed by atoms with E-state index in [0.717, 1.165) is 115 Å². The van der Waals surface area contributed by atoms with Gasteiger partial charge in [-0.2, -0.15) is 0 Å². The molecule has 0 bridgehead atoms. The number of phosphoric acid groups is 2. The predicted octanol–water partition coefficient (Wildman–Crippen LogP) is 19.6. The molecule has 0 aliphatic heterocycles. The Bertz CT molecular complexity index is 1720. The molecule has 0 fully saturated rings. The fourth-order valence-corrected chi connectivity index (χ4v) is 12.0. The highest BCUT2D eigenvalue weighted by Gasteiger charge is 2.30. The number of phosphoric ester groups is 2. The first-order valence-corrected chi connectivity index (χ1v) is 39.0. The zero-order valence-corrected chi connectivity index (χ0v) is 58.8. The third-order valence-corrected chi connectivity index (χ3v) is 18.2. The van der Waals surface area contributed by atoms with Crippen molar-refractivity contribution < 1.29 is 80.2 Å². The van der Waals surface area contributed by atoms with Crippen LogP contribution in [0.15, 0.2) is 0 Å². The third-order valence-electron chi connectivity index (χ3n) is 16.3. The van der Waals surface area contributed by atoms with Gasteiger partial charge >= 0.3 is 39.5 Å². The van der Waals surface area contributed by atoms with E-state index in [-0.39, 0.29) is 25.7 Å². The summed E-state index contributed by atoms with van der Waals surface area (Å²) in [5.74, 6) is -0.540. The van der Waals surface area contributed by atoms with Crippen molar-refractivity contribution in [2.45, 2.75) is 368 Å². The Hall–Kier alpha value is -1.94. The number of hydrogen-bond acceptors (Lipinski definition) is 15. The molecule has 17 nitrogen and oxygen atoms in total. The van der Waals surface area contributed by atoms with Gasteiger partial charge in [-0.1, -0.05) is 298 Å². The van der Waals surface area contributed by atoms with Gasteiger partial charge in [0.15, 0.2) is 12.2 Å². The van der Waals surface area contributed by atoms with E-state index in [1.807, 2.05) is 0 Å². The largest absolute Gasteiger partial charge is 0.472 e. The van der Waals surface area contributed by atoms with Crippen LogP contribution in [0.25, 0.3) is 0 Å². The summed E-state index contributed by atoms with van der Waals surface area (Å²) in [4.78, 5) is 72.3. The fourth-order valence-electron chi connectivity index (χ4n) is 10.4. The van der Waals surface area contributed by atoms with E-state index in [9.17, 15) is 43.2 Å². The SMILES string of the molecule is CCCCCCCCCCCCCC(=O)O[C@H](COC(=O)CCCCCCCCC)COP(=O)(O)OC[C@H](O)COP(=O)(O)OC[C@@H](COC(=O)CCCCCCCCCCCC(C)C)OC(=O)CCCCCCCCCCCCCCCCC(C)CC. The van der Waals surface area contributed by atoms with Crippen LogP contribution in [0.3, 0.4) is 0 Å².